The number of carbonyl (C=O) groups excluding carboxylic acids is 1. The van der Waals surface area contributed by atoms with Gasteiger partial charge in [-0.1, -0.05) is 190 Å². The summed E-state index contributed by atoms with van der Waals surface area (Å²) >= 11 is 0. The van der Waals surface area contributed by atoms with Crippen molar-refractivity contribution in [2.75, 3.05) is 13.2 Å². The lowest BCUT2D eigenvalue weighted by Gasteiger charge is -2.50. The Labute approximate surface area is 370 Å². The highest BCUT2D eigenvalue weighted by Crippen LogP contribution is 2.34. The number of rotatable bonds is 33. The van der Waals surface area contributed by atoms with Gasteiger partial charge < -0.3 is 33.7 Å². The number of hydrogen-bond acceptors (Lipinski definition) is 8. The van der Waals surface area contributed by atoms with Crippen molar-refractivity contribution in [2.45, 2.75) is 231 Å². The van der Waals surface area contributed by atoms with Crippen molar-refractivity contribution < 1.29 is 33.2 Å². The van der Waals surface area contributed by atoms with Crippen molar-refractivity contribution in [3.8, 4) is 6.07 Å². The molecule has 2 aromatic carbocycles. The Morgan fingerprint density at radius 2 is 1.21 bits per heavy atom. The predicted octanol–water partition coefficient (Wildman–Crippen LogP) is 12.1. The standard InChI is InChI=1S/C52H82N2O7/c1-5-7-9-11-13-15-17-19-27-33-44(57-39-42-29-23-21-24-30-42)35-36-56-51-49(46(38-53)60-47-41-59-52(3,4)61-50(47)51)54-48(55)37-45(58-40-43-31-25-22-26-32-43)34-28-20-18-16-14-12-10-8-6-2/h21-26,29-32,44-47,49-51H,5-20,27-28,33-37,39-41H2,1-4H3,(H,54,55)/t44-,45-,46-,47-,49+,50-,51-/m1/s1. The number of nitrogens with zero attached hydrogens (tertiary/aromatic N) is 1. The van der Waals surface area contributed by atoms with E-state index in [4.69, 9.17) is 28.4 Å². The van der Waals surface area contributed by atoms with E-state index in [0.29, 0.717) is 26.2 Å². The van der Waals surface area contributed by atoms with Crippen LogP contribution >= 0.6 is 0 Å². The largest absolute Gasteiger partial charge is 0.373 e. The number of nitrogens with one attached hydrogen (secondary N) is 1. The second-order valence-electron chi connectivity index (χ2n) is 18.0. The quantitative estimate of drug-likeness (QED) is 0.0708. The normalized spacial score (nSPS) is 21.9. The van der Waals surface area contributed by atoms with E-state index in [2.05, 4.69) is 37.4 Å². The number of ether oxygens (including phenoxy) is 6. The highest BCUT2D eigenvalue weighted by atomic mass is 16.7. The van der Waals surface area contributed by atoms with Gasteiger partial charge in [0.15, 0.2) is 11.9 Å². The molecule has 4 rings (SSSR count). The first-order chi connectivity index (χ1) is 29.8. The summed E-state index contributed by atoms with van der Waals surface area (Å²) < 4.78 is 38.5. The van der Waals surface area contributed by atoms with E-state index in [1.54, 1.807) is 0 Å². The first kappa shape index (κ1) is 50.8. The SMILES string of the molecule is CCCCCCCCCCC[C@H](CCO[C@@H]1[C@@H](NC(=O)C[C@@H](CCCCCCCCCCC)OCc2ccccc2)[C@@H](C#N)O[C@@H]2COC(C)(C)O[C@@H]12)OCc1ccccc1. The van der Waals surface area contributed by atoms with E-state index in [-0.39, 0.29) is 31.1 Å². The monoisotopic (exact) mass is 847 g/mol. The van der Waals surface area contributed by atoms with Gasteiger partial charge in [0.1, 0.15) is 18.3 Å². The Balaban J connectivity index is 1.39. The van der Waals surface area contributed by atoms with E-state index in [0.717, 1.165) is 43.2 Å². The smallest absolute Gasteiger partial charge is 0.223 e. The number of amides is 1. The van der Waals surface area contributed by atoms with Gasteiger partial charge in [0.2, 0.25) is 5.91 Å². The molecule has 2 aliphatic rings. The molecule has 1 N–H and O–H groups in total. The molecule has 2 aliphatic heterocycles. The zero-order chi connectivity index (χ0) is 43.4. The van der Waals surface area contributed by atoms with Gasteiger partial charge >= 0.3 is 0 Å². The third kappa shape index (κ3) is 20.5. The molecule has 0 radical (unpaired) electrons. The number of nitriles is 1. The average Bonchev–Trinajstić information content (AvgIpc) is 3.26. The van der Waals surface area contributed by atoms with Gasteiger partial charge in [-0.05, 0) is 44.2 Å². The number of fused-ring (bicyclic) bond motifs is 1. The van der Waals surface area contributed by atoms with Gasteiger partial charge in [0, 0.05) is 6.61 Å². The van der Waals surface area contributed by atoms with Crippen LogP contribution in [-0.4, -0.2) is 67.6 Å². The zero-order valence-corrected chi connectivity index (χ0v) is 38.5. The van der Waals surface area contributed by atoms with Crippen molar-refractivity contribution >= 4 is 5.91 Å². The van der Waals surface area contributed by atoms with Crippen LogP contribution in [0.15, 0.2) is 60.7 Å². The number of benzene rings is 2. The van der Waals surface area contributed by atoms with Crippen molar-refractivity contribution in [1.82, 2.24) is 5.32 Å². The molecule has 2 aromatic rings. The van der Waals surface area contributed by atoms with Gasteiger partial charge in [0.25, 0.3) is 0 Å². The maximum Gasteiger partial charge on any atom is 0.223 e. The fourth-order valence-corrected chi connectivity index (χ4v) is 8.61. The maximum absolute atomic E-state index is 14.1. The summed E-state index contributed by atoms with van der Waals surface area (Å²) in [6.07, 6.45) is 22.3. The summed E-state index contributed by atoms with van der Waals surface area (Å²) in [5.41, 5.74) is 2.22. The van der Waals surface area contributed by atoms with Crippen LogP contribution in [0.1, 0.15) is 180 Å². The van der Waals surface area contributed by atoms with Crippen LogP contribution < -0.4 is 5.32 Å². The lowest BCUT2D eigenvalue weighted by atomic mass is 9.91. The van der Waals surface area contributed by atoms with Crippen molar-refractivity contribution in [1.29, 1.82) is 5.26 Å². The van der Waals surface area contributed by atoms with E-state index < -0.39 is 36.2 Å². The molecule has 2 fully saturated rings. The summed E-state index contributed by atoms with van der Waals surface area (Å²) in [5.74, 6) is -1.06. The molecule has 7 atom stereocenters. The highest BCUT2D eigenvalue weighted by Gasteiger charge is 2.52. The molecule has 0 unspecified atom stereocenters. The molecule has 1 amide bonds. The zero-order valence-electron chi connectivity index (χ0n) is 38.5. The van der Waals surface area contributed by atoms with Crippen LogP contribution in [0.2, 0.25) is 0 Å². The Morgan fingerprint density at radius 3 is 1.74 bits per heavy atom. The average molecular weight is 847 g/mol. The van der Waals surface area contributed by atoms with Crippen LogP contribution in [0.3, 0.4) is 0 Å². The molecule has 0 spiro atoms. The molecule has 2 heterocycles. The molecule has 61 heavy (non-hydrogen) atoms. The fraction of sp³-hybridized carbons (Fsp3) is 0.731. The second-order valence-corrected chi connectivity index (χ2v) is 18.0. The van der Waals surface area contributed by atoms with Crippen molar-refractivity contribution in [3.05, 3.63) is 71.8 Å². The molecule has 9 nitrogen and oxygen atoms in total. The first-order valence-corrected chi connectivity index (χ1v) is 24.4. The molecule has 9 heteroatoms. The summed E-state index contributed by atoms with van der Waals surface area (Å²) in [6.45, 7) is 9.92. The highest BCUT2D eigenvalue weighted by molar-refractivity contribution is 5.77. The minimum atomic E-state index is -0.934. The Bertz CT molecular complexity index is 1450. The Kier molecular flexibility index (Phi) is 25.2. The number of unbranched alkanes of at least 4 members (excludes halogenated alkanes) is 16. The lowest BCUT2D eigenvalue weighted by molar-refractivity contribution is -0.347. The molecular formula is C52H82N2O7. The van der Waals surface area contributed by atoms with Crippen molar-refractivity contribution in [2.24, 2.45) is 0 Å². The third-order valence-corrected chi connectivity index (χ3v) is 12.2. The van der Waals surface area contributed by atoms with E-state index in [1.165, 1.54) is 96.3 Å². The molecule has 0 aromatic heterocycles. The lowest BCUT2D eigenvalue weighted by Crippen LogP contribution is -2.68. The summed E-state index contributed by atoms with van der Waals surface area (Å²) in [7, 11) is 0. The Morgan fingerprint density at radius 1 is 0.721 bits per heavy atom. The maximum atomic E-state index is 14.1. The molecule has 2 saturated heterocycles. The van der Waals surface area contributed by atoms with E-state index >= 15 is 0 Å². The summed E-state index contributed by atoms with van der Waals surface area (Å²) in [6, 6.07) is 22.0. The predicted molar refractivity (Wildman–Crippen MR) is 244 cm³/mol. The summed E-state index contributed by atoms with van der Waals surface area (Å²) in [4.78, 5) is 14.1. The van der Waals surface area contributed by atoms with Gasteiger partial charge in [-0.2, -0.15) is 5.26 Å². The number of carbonyl (C=O) groups is 1. The minimum absolute atomic E-state index is 0.0100. The van der Waals surface area contributed by atoms with Crippen LogP contribution in [0.5, 0.6) is 0 Å². The third-order valence-electron chi connectivity index (χ3n) is 12.2. The Hall–Kier alpha value is -2.84. The van der Waals surface area contributed by atoms with E-state index in [1.807, 2.05) is 62.4 Å². The number of hydrogen-bond donors (Lipinski definition) is 1. The summed E-state index contributed by atoms with van der Waals surface area (Å²) in [5, 5.41) is 13.6. The van der Waals surface area contributed by atoms with Gasteiger partial charge in [-0.25, -0.2) is 0 Å². The molecular weight excluding hydrogens is 765 g/mol. The van der Waals surface area contributed by atoms with Crippen LogP contribution in [0.4, 0.5) is 0 Å². The minimum Gasteiger partial charge on any atom is -0.373 e. The van der Waals surface area contributed by atoms with Gasteiger partial charge in [0.05, 0.1) is 50.6 Å². The van der Waals surface area contributed by atoms with Crippen molar-refractivity contribution in [3.63, 3.8) is 0 Å². The first-order valence-electron chi connectivity index (χ1n) is 24.4. The van der Waals surface area contributed by atoms with Crippen LogP contribution in [0.25, 0.3) is 0 Å². The molecule has 0 saturated carbocycles. The van der Waals surface area contributed by atoms with E-state index in [9.17, 15) is 10.1 Å². The molecule has 342 valence electrons. The topological polar surface area (TPSA) is 108 Å². The molecule has 0 bridgehead atoms. The fourth-order valence-electron chi connectivity index (χ4n) is 8.61. The van der Waals surface area contributed by atoms with Crippen LogP contribution in [-0.2, 0) is 46.4 Å². The van der Waals surface area contributed by atoms with Gasteiger partial charge in [-0.15, -0.1) is 0 Å². The van der Waals surface area contributed by atoms with Gasteiger partial charge in [-0.3, -0.25) is 4.79 Å². The van der Waals surface area contributed by atoms with Crippen LogP contribution in [0, 0.1) is 11.3 Å². The second kappa shape index (κ2) is 30.3. The molecule has 0 aliphatic carbocycles.